The van der Waals surface area contributed by atoms with Crippen LogP contribution >= 0.6 is 0 Å². The van der Waals surface area contributed by atoms with E-state index in [-0.39, 0.29) is 36.2 Å². The minimum atomic E-state index is -0.885. The Morgan fingerprint density at radius 3 is 1.59 bits per heavy atom. The first-order valence-electron chi connectivity index (χ1n) is 22.7. The first kappa shape index (κ1) is 54.5. The van der Waals surface area contributed by atoms with Gasteiger partial charge in [-0.1, -0.05) is 157 Å². The van der Waals surface area contributed by atoms with Crippen molar-refractivity contribution in [3.05, 3.63) is 85.1 Å². The van der Waals surface area contributed by atoms with Crippen molar-refractivity contribution in [3.63, 3.8) is 0 Å². The zero-order valence-electron chi connectivity index (χ0n) is 37.5. The van der Waals surface area contributed by atoms with E-state index >= 15 is 0 Å². The van der Waals surface area contributed by atoms with Crippen LogP contribution in [0.1, 0.15) is 162 Å². The smallest absolute Gasteiger partial charge is 0.362 e. The van der Waals surface area contributed by atoms with Crippen molar-refractivity contribution < 1.29 is 38.2 Å². The fourth-order valence-corrected chi connectivity index (χ4v) is 6.12. The Bertz CT molecular complexity index is 1220. The molecule has 8 nitrogen and oxygen atoms in total. The van der Waals surface area contributed by atoms with Gasteiger partial charge in [0.1, 0.15) is 6.61 Å². The molecule has 0 saturated heterocycles. The summed E-state index contributed by atoms with van der Waals surface area (Å²) in [5, 5.41) is 9.63. The molecule has 0 spiro atoms. The lowest BCUT2D eigenvalue weighted by molar-refractivity contribution is -0.887. The van der Waals surface area contributed by atoms with Crippen molar-refractivity contribution in [1.82, 2.24) is 0 Å². The third-order valence-corrected chi connectivity index (χ3v) is 9.62. The van der Waals surface area contributed by atoms with Gasteiger partial charge in [0.25, 0.3) is 0 Å². The minimum Gasteiger partial charge on any atom is -0.477 e. The highest BCUT2D eigenvalue weighted by Crippen LogP contribution is 2.13. The van der Waals surface area contributed by atoms with Crippen LogP contribution in [0.3, 0.4) is 0 Å². The van der Waals surface area contributed by atoms with Crippen LogP contribution in [0.4, 0.5) is 0 Å². The van der Waals surface area contributed by atoms with E-state index in [0.717, 1.165) is 96.3 Å². The molecule has 0 aromatic rings. The summed E-state index contributed by atoms with van der Waals surface area (Å²) < 4.78 is 17.3. The van der Waals surface area contributed by atoms with Crippen molar-refractivity contribution in [2.45, 2.75) is 174 Å². The molecule has 0 aliphatic rings. The lowest BCUT2D eigenvalue weighted by Gasteiger charge is -2.31. The van der Waals surface area contributed by atoms with Gasteiger partial charge in [0.05, 0.1) is 34.4 Å². The molecule has 2 atom stereocenters. The van der Waals surface area contributed by atoms with Gasteiger partial charge in [-0.05, 0) is 70.6 Å². The number of aliphatic carboxylic acids is 1. The van der Waals surface area contributed by atoms with E-state index in [4.69, 9.17) is 14.2 Å². The average molecular weight is 811 g/mol. The maximum atomic E-state index is 12.7. The van der Waals surface area contributed by atoms with E-state index in [1.54, 1.807) is 0 Å². The minimum absolute atomic E-state index is 0.0427. The number of hydrogen-bond acceptors (Lipinski definition) is 6. The van der Waals surface area contributed by atoms with Crippen LogP contribution in [0.15, 0.2) is 85.1 Å². The third kappa shape index (κ3) is 38.1. The molecule has 330 valence electrons. The number of nitrogens with zero attached hydrogens (tertiary/aromatic N) is 1. The van der Waals surface area contributed by atoms with E-state index < -0.39 is 18.1 Å². The second kappa shape index (κ2) is 40.3. The number of carbonyl (C=O) groups is 3. The molecule has 0 aliphatic heterocycles. The molecule has 0 radical (unpaired) electrons. The lowest BCUT2D eigenvalue weighted by Crippen LogP contribution is -2.50. The highest BCUT2D eigenvalue weighted by atomic mass is 16.6. The van der Waals surface area contributed by atoms with Gasteiger partial charge in [0.15, 0.2) is 12.1 Å². The summed E-state index contributed by atoms with van der Waals surface area (Å²) in [6.45, 7) is 4.53. The number of quaternary nitrogens is 1. The summed E-state index contributed by atoms with van der Waals surface area (Å²) in [6, 6.07) is -0.626. The second-order valence-electron chi connectivity index (χ2n) is 16.0. The zero-order chi connectivity index (χ0) is 42.8. The summed E-state index contributed by atoms with van der Waals surface area (Å²) in [5.41, 5.74) is 0. The molecule has 0 bridgehead atoms. The predicted molar refractivity (Wildman–Crippen MR) is 243 cm³/mol. The van der Waals surface area contributed by atoms with Crippen molar-refractivity contribution in [1.29, 1.82) is 0 Å². The van der Waals surface area contributed by atoms with Crippen molar-refractivity contribution in [3.8, 4) is 0 Å². The van der Waals surface area contributed by atoms with Gasteiger partial charge >= 0.3 is 17.9 Å². The van der Waals surface area contributed by atoms with E-state index in [0.29, 0.717) is 19.3 Å². The van der Waals surface area contributed by atoms with Crippen LogP contribution in [-0.2, 0) is 28.6 Å². The average Bonchev–Trinajstić information content (AvgIpc) is 3.18. The summed E-state index contributed by atoms with van der Waals surface area (Å²) in [6.07, 6.45) is 51.9. The van der Waals surface area contributed by atoms with Crippen LogP contribution in [0, 0.1) is 0 Å². The first-order chi connectivity index (χ1) is 28.1. The summed E-state index contributed by atoms with van der Waals surface area (Å²) in [5.74, 6) is -1.52. The lowest BCUT2D eigenvalue weighted by atomic mass is 10.1. The van der Waals surface area contributed by atoms with Crippen molar-refractivity contribution >= 4 is 17.9 Å². The number of ether oxygens (including phenoxy) is 3. The molecule has 0 saturated carbocycles. The highest BCUT2D eigenvalue weighted by Gasteiger charge is 2.31. The monoisotopic (exact) mass is 811 g/mol. The number of rotatable bonds is 39. The maximum absolute atomic E-state index is 12.7. The molecule has 2 unspecified atom stereocenters. The van der Waals surface area contributed by atoms with Gasteiger partial charge < -0.3 is 23.8 Å². The highest BCUT2D eigenvalue weighted by molar-refractivity contribution is 5.72. The standard InChI is InChI=1S/C50H83NO7/c1-6-8-10-12-14-16-18-20-22-24-25-27-28-30-32-34-36-38-40-48(52)57-45-46(44-56-43-42-47(50(54)55)51(3,4)5)58-49(53)41-39-37-35-33-31-29-26-23-21-19-17-15-13-11-9-7-2/h9,11,14-18,20-25,27,46-47H,6-8,10,12-13,19,26,28-45H2,1-5H3/p+1/b11-9+,16-14+,17-15+,20-18+,23-21+,24-22+,27-25+. The summed E-state index contributed by atoms with van der Waals surface area (Å²) in [7, 11) is 5.50. The molecule has 0 aliphatic carbocycles. The molecule has 8 heteroatoms. The number of hydrogen-bond donors (Lipinski definition) is 1. The van der Waals surface area contributed by atoms with E-state index in [2.05, 4.69) is 92.8 Å². The number of carboxylic acids is 1. The maximum Gasteiger partial charge on any atom is 0.362 e. The molecule has 58 heavy (non-hydrogen) atoms. The molecule has 0 heterocycles. The number of allylic oxidation sites excluding steroid dienone is 14. The van der Waals surface area contributed by atoms with Gasteiger partial charge in [0.2, 0.25) is 0 Å². The largest absolute Gasteiger partial charge is 0.477 e. The van der Waals surface area contributed by atoms with Gasteiger partial charge in [0, 0.05) is 19.3 Å². The summed E-state index contributed by atoms with van der Waals surface area (Å²) in [4.78, 5) is 37.0. The van der Waals surface area contributed by atoms with E-state index in [9.17, 15) is 19.5 Å². The number of unbranched alkanes of at least 4 members (excludes halogenated alkanes) is 14. The predicted octanol–water partition coefficient (Wildman–Crippen LogP) is 12.5. The van der Waals surface area contributed by atoms with Crippen molar-refractivity contribution in [2.75, 3.05) is 41.0 Å². The molecular weight excluding hydrogens is 727 g/mol. The van der Waals surface area contributed by atoms with Gasteiger partial charge in [-0.25, -0.2) is 4.79 Å². The zero-order valence-corrected chi connectivity index (χ0v) is 37.5. The Morgan fingerprint density at radius 2 is 1.03 bits per heavy atom. The molecule has 0 rings (SSSR count). The molecule has 0 aromatic carbocycles. The molecular formula is C50H84NO7+. The molecule has 0 fully saturated rings. The van der Waals surface area contributed by atoms with Crippen molar-refractivity contribution in [2.24, 2.45) is 0 Å². The topological polar surface area (TPSA) is 99.1 Å². The van der Waals surface area contributed by atoms with Gasteiger partial charge in [-0.15, -0.1) is 0 Å². The molecule has 1 N–H and O–H groups in total. The fraction of sp³-hybridized carbons (Fsp3) is 0.660. The number of carboxylic acid groups (broad SMARTS) is 1. The van der Waals surface area contributed by atoms with E-state index in [1.807, 2.05) is 27.2 Å². The number of esters is 2. The Kier molecular flexibility index (Phi) is 37.9. The van der Waals surface area contributed by atoms with Crippen LogP contribution < -0.4 is 0 Å². The van der Waals surface area contributed by atoms with Crippen LogP contribution in [0.2, 0.25) is 0 Å². The molecule has 0 aromatic heterocycles. The van der Waals surface area contributed by atoms with Gasteiger partial charge in [-0.2, -0.15) is 0 Å². The Morgan fingerprint density at radius 1 is 0.552 bits per heavy atom. The normalized spacial score (nSPS) is 13.7. The van der Waals surface area contributed by atoms with Crippen LogP contribution in [0.25, 0.3) is 0 Å². The number of likely N-dealkylation sites (N-methyl/N-ethyl adjacent to an activating group) is 1. The van der Waals surface area contributed by atoms with Crippen LogP contribution in [-0.4, -0.2) is 80.6 Å². The number of carbonyl (C=O) groups excluding carboxylic acids is 2. The van der Waals surface area contributed by atoms with Gasteiger partial charge in [-0.3, -0.25) is 9.59 Å². The van der Waals surface area contributed by atoms with Crippen LogP contribution in [0.5, 0.6) is 0 Å². The Balaban J connectivity index is 4.42. The Hall–Kier alpha value is -3.49. The quantitative estimate of drug-likeness (QED) is 0.0217. The summed E-state index contributed by atoms with van der Waals surface area (Å²) >= 11 is 0. The van der Waals surface area contributed by atoms with E-state index in [1.165, 1.54) is 32.1 Å². The second-order valence-corrected chi connectivity index (χ2v) is 16.0. The fourth-order valence-electron chi connectivity index (χ4n) is 6.12. The third-order valence-electron chi connectivity index (χ3n) is 9.62. The first-order valence-corrected chi connectivity index (χ1v) is 22.7. The molecule has 0 amide bonds. The Labute approximate surface area is 354 Å². The SMILES string of the molecule is CC/C=C/C/C=C/C/C=C/CCCCCCCCC(=O)OC(COCCC(C(=O)O)[N+](C)(C)C)COC(=O)CCCCCCC/C=C/C=C/C=C/C=C/CCCCC.